The molecule has 0 unspecified atom stereocenters. The number of carbonyl (C=O) groups excluding carboxylic acids is 3. The summed E-state index contributed by atoms with van der Waals surface area (Å²) in [4.78, 5) is 43.4. The maximum atomic E-state index is 14.4. The Morgan fingerprint density at radius 2 is 1.37 bits per heavy atom. The molecule has 208 valence electrons. The molecule has 1 heterocycles. The standard InChI is InChI=1S/C37H27N3O3/c41-34(26-18-10-14-24-13-4-5-15-25(24)26)39-38-22-37-29-19-8-6-16-27(29)31(28-17-7-9-20-30(28)37)32-33(37)36(43)40(35(32)42)21-23-11-2-1-3-12-23/h1-20,22,31-33H,21H2,(H,39,41)/b38-22-/t31?,32-,33+,37?/m0/s1. The maximum Gasteiger partial charge on any atom is 0.271 e. The number of nitrogens with one attached hydrogen (secondary N) is 1. The number of nitrogens with zero attached hydrogens (tertiary/aromatic N) is 2. The summed E-state index contributed by atoms with van der Waals surface area (Å²) in [5.74, 6) is -2.20. The third kappa shape index (κ3) is 3.59. The number of hydrazone groups is 1. The van der Waals surface area contributed by atoms with Crippen molar-refractivity contribution in [2.45, 2.75) is 17.9 Å². The minimum Gasteiger partial charge on any atom is -0.278 e. The molecule has 5 aromatic carbocycles. The van der Waals surface area contributed by atoms with Crippen molar-refractivity contribution in [2.24, 2.45) is 16.9 Å². The van der Waals surface area contributed by atoms with E-state index < -0.39 is 17.3 Å². The Hall–Kier alpha value is -5.36. The van der Waals surface area contributed by atoms with E-state index in [4.69, 9.17) is 0 Å². The first-order chi connectivity index (χ1) is 21.1. The highest BCUT2D eigenvalue weighted by atomic mass is 16.2. The van der Waals surface area contributed by atoms with E-state index in [0.717, 1.165) is 38.6 Å². The predicted molar refractivity (Wildman–Crippen MR) is 164 cm³/mol. The fourth-order valence-corrected chi connectivity index (χ4v) is 7.71. The lowest BCUT2D eigenvalue weighted by atomic mass is 9.47. The molecule has 1 fully saturated rings. The zero-order valence-corrected chi connectivity index (χ0v) is 23.2. The molecule has 43 heavy (non-hydrogen) atoms. The molecular formula is C37H27N3O3. The topological polar surface area (TPSA) is 78.8 Å². The van der Waals surface area contributed by atoms with E-state index >= 15 is 0 Å². The zero-order valence-electron chi connectivity index (χ0n) is 23.2. The van der Waals surface area contributed by atoms with Crippen LogP contribution in [0.4, 0.5) is 0 Å². The molecule has 1 aliphatic heterocycles. The van der Waals surface area contributed by atoms with Gasteiger partial charge < -0.3 is 0 Å². The number of fused-ring (bicyclic) bond motifs is 1. The van der Waals surface area contributed by atoms with Crippen LogP contribution in [-0.2, 0) is 21.5 Å². The van der Waals surface area contributed by atoms with Gasteiger partial charge in [0.2, 0.25) is 11.8 Å². The molecule has 0 saturated carbocycles. The lowest BCUT2D eigenvalue weighted by Gasteiger charge is -2.52. The molecule has 6 nitrogen and oxygen atoms in total. The maximum absolute atomic E-state index is 14.4. The zero-order chi connectivity index (χ0) is 29.1. The van der Waals surface area contributed by atoms with Gasteiger partial charge in [0.15, 0.2) is 0 Å². The lowest BCUT2D eigenvalue weighted by molar-refractivity contribution is -0.140. The van der Waals surface area contributed by atoms with Gasteiger partial charge in [-0.1, -0.05) is 115 Å². The highest BCUT2D eigenvalue weighted by Crippen LogP contribution is 2.63. The summed E-state index contributed by atoms with van der Waals surface area (Å²) in [7, 11) is 0. The third-order valence-electron chi connectivity index (χ3n) is 9.43. The van der Waals surface area contributed by atoms with E-state index in [1.807, 2.05) is 103 Å². The number of rotatable bonds is 5. The van der Waals surface area contributed by atoms with Crippen molar-refractivity contribution in [3.63, 3.8) is 0 Å². The molecule has 1 saturated heterocycles. The van der Waals surface area contributed by atoms with E-state index in [1.165, 1.54) is 4.90 Å². The SMILES string of the molecule is O=C(N/N=C\C12c3ccccc3C(c3ccccc31)[C@@H]1C(=O)N(Cc3ccccc3)C(=O)[C@@H]12)c1cccc2ccccc12. The van der Waals surface area contributed by atoms with Crippen LogP contribution >= 0.6 is 0 Å². The molecule has 2 bridgehead atoms. The van der Waals surface area contributed by atoms with Gasteiger partial charge in [-0.15, -0.1) is 0 Å². The van der Waals surface area contributed by atoms with Gasteiger partial charge in [0.1, 0.15) is 0 Å². The largest absolute Gasteiger partial charge is 0.278 e. The normalized spacial score (nSPS) is 23.3. The van der Waals surface area contributed by atoms with Crippen molar-refractivity contribution in [1.29, 1.82) is 0 Å². The van der Waals surface area contributed by atoms with Crippen molar-refractivity contribution < 1.29 is 14.4 Å². The van der Waals surface area contributed by atoms with Crippen molar-refractivity contribution >= 4 is 34.7 Å². The van der Waals surface area contributed by atoms with Gasteiger partial charge in [0.05, 0.1) is 23.8 Å². The van der Waals surface area contributed by atoms with Crippen molar-refractivity contribution in [1.82, 2.24) is 10.3 Å². The summed E-state index contributed by atoms with van der Waals surface area (Å²) in [6.45, 7) is 0.218. The summed E-state index contributed by atoms with van der Waals surface area (Å²) in [5.41, 5.74) is 7.09. The highest BCUT2D eigenvalue weighted by Gasteiger charge is 2.67. The molecule has 1 N–H and O–H groups in total. The third-order valence-corrected chi connectivity index (χ3v) is 9.43. The fraction of sp³-hybridized carbons (Fsp3) is 0.135. The Bertz CT molecular complexity index is 1930. The smallest absolute Gasteiger partial charge is 0.271 e. The number of imide groups is 1. The number of hydrogen-bond donors (Lipinski definition) is 1. The summed E-state index contributed by atoms with van der Waals surface area (Å²) >= 11 is 0. The summed E-state index contributed by atoms with van der Waals surface area (Å²) in [5, 5.41) is 6.36. The molecule has 5 aromatic rings. The molecule has 3 amide bonds. The summed E-state index contributed by atoms with van der Waals surface area (Å²) in [6.07, 6.45) is 1.71. The summed E-state index contributed by atoms with van der Waals surface area (Å²) in [6, 6.07) is 39.0. The molecule has 6 heteroatoms. The van der Waals surface area contributed by atoms with Crippen LogP contribution in [0.5, 0.6) is 0 Å². The number of amides is 3. The minimum atomic E-state index is -1.03. The van der Waals surface area contributed by atoms with Crippen molar-refractivity contribution in [2.75, 3.05) is 0 Å². The highest BCUT2D eigenvalue weighted by molar-refractivity contribution is 6.11. The second-order valence-electron chi connectivity index (χ2n) is 11.5. The molecule has 0 spiro atoms. The number of likely N-dealkylation sites (tertiary alicyclic amines) is 1. The van der Waals surface area contributed by atoms with Gasteiger partial charge in [-0.25, -0.2) is 5.43 Å². The van der Waals surface area contributed by atoms with Crippen molar-refractivity contribution in [3.05, 3.63) is 155 Å². The second-order valence-corrected chi connectivity index (χ2v) is 11.5. The molecule has 2 atom stereocenters. The van der Waals surface area contributed by atoms with E-state index in [9.17, 15) is 14.4 Å². The van der Waals surface area contributed by atoms with Crippen LogP contribution < -0.4 is 5.43 Å². The van der Waals surface area contributed by atoms with Gasteiger partial charge in [-0.2, -0.15) is 5.10 Å². The van der Waals surface area contributed by atoms with Crippen LogP contribution in [0, 0.1) is 11.8 Å². The monoisotopic (exact) mass is 561 g/mol. The quantitative estimate of drug-likeness (QED) is 0.167. The lowest BCUT2D eigenvalue weighted by Crippen LogP contribution is -2.54. The minimum absolute atomic E-state index is 0.162. The van der Waals surface area contributed by atoms with Gasteiger partial charge in [0, 0.05) is 17.7 Å². The van der Waals surface area contributed by atoms with Crippen LogP contribution in [-0.4, -0.2) is 28.8 Å². The number of hydrogen-bond acceptors (Lipinski definition) is 4. The first-order valence-electron chi connectivity index (χ1n) is 14.5. The average molecular weight is 562 g/mol. The fourth-order valence-electron chi connectivity index (χ4n) is 7.71. The van der Waals surface area contributed by atoms with Gasteiger partial charge in [-0.3, -0.25) is 19.3 Å². The molecule has 9 rings (SSSR count). The Kier molecular flexibility index (Phi) is 5.66. The van der Waals surface area contributed by atoms with Crippen LogP contribution in [0.15, 0.2) is 126 Å². The Balaban J connectivity index is 1.26. The molecule has 0 aromatic heterocycles. The van der Waals surface area contributed by atoms with Crippen LogP contribution in [0.2, 0.25) is 0 Å². The van der Waals surface area contributed by atoms with E-state index in [1.54, 1.807) is 12.3 Å². The van der Waals surface area contributed by atoms with Crippen LogP contribution in [0.1, 0.15) is 44.1 Å². The van der Waals surface area contributed by atoms with E-state index in [0.29, 0.717) is 5.56 Å². The van der Waals surface area contributed by atoms with Crippen LogP contribution in [0.3, 0.4) is 0 Å². The van der Waals surface area contributed by atoms with Gasteiger partial charge >= 0.3 is 0 Å². The second kappa shape index (κ2) is 9.60. The summed E-state index contributed by atoms with van der Waals surface area (Å²) < 4.78 is 0. The van der Waals surface area contributed by atoms with Crippen molar-refractivity contribution in [3.8, 4) is 0 Å². The van der Waals surface area contributed by atoms with Gasteiger partial charge in [-0.05, 0) is 44.7 Å². The molecule has 0 radical (unpaired) electrons. The Labute approximate surface area is 248 Å². The van der Waals surface area contributed by atoms with Crippen LogP contribution in [0.25, 0.3) is 10.8 Å². The molecule has 4 aliphatic rings. The van der Waals surface area contributed by atoms with Gasteiger partial charge in [0.25, 0.3) is 5.91 Å². The first-order valence-corrected chi connectivity index (χ1v) is 14.5. The van der Waals surface area contributed by atoms with E-state index in [-0.39, 0.29) is 30.2 Å². The number of benzene rings is 5. The molecule has 3 aliphatic carbocycles. The molecular weight excluding hydrogens is 534 g/mol. The Morgan fingerprint density at radius 1 is 0.744 bits per heavy atom. The number of carbonyl (C=O) groups is 3. The van der Waals surface area contributed by atoms with E-state index in [2.05, 4.69) is 22.7 Å². The average Bonchev–Trinajstić information content (AvgIpc) is 3.31. The first kappa shape index (κ1) is 25.4. The Morgan fingerprint density at radius 3 is 2.12 bits per heavy atom. The predicted octanol–water partition coefficient (Wildman–Crippen LogP) is 5.80.